The summed E-state index contributed by atoms with van der Waals surface area (Å²) >= 11 is 0. The number of fused-ring (bicyclic) bond motifs is 1. The second-order valence-corrected chi connectivity index (χ2v) is 5.90. The molecular weight excluding hydrogens is 252 g/mol. The summed E-state index contributed by atoms with van der Waals surface area (Å²) < 4.78 is 5.67. The first-order chi connectivity index (χ1) is 9.63. The Balaban J connectivity index is 1.58. The molecule has 20 heavy (non-hydrogen) atoms. The Kier molecular flexibility index (Phi) is 3.76. The SMILES string of the molecule is CC1CC(NC(=O)CC2NCc3ccccc32)C(C)O1. The summed E-state index contributed by atoms with van der Waals surface area (Å²) in [6.07, 6.45) is 1.74. The van der Waals surface area contributed by atoms with Crippen molar-refractivity contribution < 1.29 is 9.53 Å². The lowest BCUT2D eigenvalue weighted by Gasteiger charge is -2.18. The van der Waals surface area contributed by atoms with Crippen LogP contribution in [-0.2, 0) is 16.1 Å². The summed E-state index contributed by atoms with van der Waals surface area (Å²) in [5.74, 6) is 0.105. The van der Waals surface area contributed by atoms with Crippen LogP contribution in [0.3, 0.4) is 0 Å². The summed E-state index contributed by atoms with van der Waals surface area (Å²) in [4.78, 5) is 12.2. The summed E-state index contributed by atoms with van der Waals surface area (Å²) in [5.41, 5.74) is 2.56. The maximum Gasteiger partial charge on any atom is 0.222 e. The zero-order chi connectivity index (χ0) is 14.1. The van der Waals surface area contributed by atoms with Gasteiger partial charge in [-0.05, 0) is 31.4 Å². The predicted octanol–water partition coefficient (Wildman–Crippen LogP) is 1.90. The molecule has 108 valence electrons. The fourth-order valence-corrected chi connectivity index (χ4v) is 3.25. The Bertz CT molecular complexity index is 503. The first-order valence-electron chi connectivity index (χ1n) is 7.39. The van der Waals surface area contributed by atoms with Gasteiger partial charge in [0, 0.05) is 19.0 Å². The second kappa shape index (κ2) is 5.54. The molecule has 1 saturated heterocycles. The van der Waals surface area contributed by atoms with Gasteiger partial charge in [-0.1, -0.05) is 24.3 Å². The molecule has 0 bridgehead atoms. The van der Waals surface area contributed by atoms with E-state index in [4.69, 9.17) is 4.74 Å². The van der Waals surface area contributed by atoms with Gasteiger partial charge >= 0.3 is 0 Å². The van der Waals surface area contributed by atoms with E-state index in [1.807, 2.05) is 19.1 Å². The molecule has 0 aromatic heterocycles. The molecule has 4 unspecified atom stereocenters. The quantitative estimate of drug-likeness (QED) is 0.885. The van der Waals surface area contributed by atoms with E-state index >= 15 is 0 Å². The van der Waals surface area contributed by atoms with Crippen LogP contribution in [-0.4, -0.2) is 24.2 Å². The number of nitrogens with one attached hydrogen (secondary N) is 2. The Morgan fingerprint density at radius 2 is 2.20 bits per heavy atom. The minimum Gasteiger partial charge on any atom is -0.373 e. The summed E-state index contributed by atoms with van der Waals surface area (Å²) in [7, 11) is 0. The molecule has 3 rings (SSSR count). The third-order valence-corrected chi connectivity index (χ3v) is 4.30. The van der Waals surface area contributed by atoms with Crippen molar-refractivity contribution >= 4 is 5.91 Å². The summed E-state index contributed by atoms with van der Waals surface area (Å²) in [6.45, 7) is 4.93. The average Bonchev–Trinajstić information content (AvgIpc) is 2.94. The zero-order valence-corrected chi connectivity index (χ0v) is 12.1. The van der Waals surface area contributed by atoms with Gasteiger partial charge in [0.25, 0.3) is 0 Å². The van der Waals surface area contributed by atoms with E-state index in [1.54, 1.807) is 0 Å². The Morgan fingerprint density at radius 1 is 1.40 bits per heavy atom. The van der Waals surface area contributed by atoms with Crippen LogP contribution in [0.1, 0.15) is 43.9 Å². The molecule has 1 aromatic rings. The van der Waals surface area contributed by atoms with Crippen LogP contribution in [0, 0.1) is 0 Å². The number of amides is 1. The van der Waals surface area contributed by atoms with Crippen LogP contribution in [0.5, 0.6) is 0 Å². The summed E-state index contributed by atoms with van der Waals surface area (Å²) in [5, 5.41) is 6.52. The van der Waals surface area contributed by atoms with Crippen LogP contribution in [0.25, 0.3) is 0 Å². The van der Waals surface area contributed by atoms with E-state index in [0.717, 1.165) is 13.0 Å². The van der Waals surface area contributed by atoms with Gasteiger partial charge in [-0.15, -0.1) is 0 Å². The normalized spacial score (nSPS) is 32.1. The fraction of sp³-hybridized carbons (Fsp3) is 0.562. The molecule has 1 amide bonds. The molecule has 4 nitrogen and oxygen atoms in total. The van der Waals surface area contributed by atoms with Gasteiger partial charge in [0.05, 0.1) is 18.2 Å². The van der Waals surface area contributed by atoms with E-state index in [1.165, 1.54) is 11.1 Å². The van der Waals surface area contributed by atoms with Gasteiger partial charge in [0.15, 0.2) is 0 Å². The zero-order valence-electron chi connectivity index (χ0n) is 12.1. The maximum atomic E-state index is 12.2. The second-order valence-electron chi connectivity index (χ2n) is 5.90. The number of carbonyl (C=O) groups excluding carboxylic acids is 1. The van der Waals surface area contributed by atoms with Crippen LogP contribution in [0.2, 0.25) is 0 Å². The van der Waals surface area contributed by atoms with Crippen LogP contribution < -0.4 is 10.6 Å². The number of carbonyl (C=O) groups is 1. The van der Waals surface area contributed by atoms with Crippen molar-refractivity contribution in [2.75, 3.05) is 0 Å². The van der Waals surface area contributed by atoms with E-state index in [9.17, 15) is 4.79 Å². The molecule has 0 radical (unpaired) electrons. The highest BCUT2D eigenvalue weighted by Crippen LogP contribution is 2.27. The molecule has 1 fully saturated rings. The van der Waals surface area contributed by atoms with Gasteiger partial charge in [-0.3, -0.25) is 4.79 Å². The van der Waals surface area contributed by atoms with Crippen molar-refractivity contribution in [2.24, 2.45) is 0 Å². The lowest BCUT2D eigenvalue weighted by Crippen LogP contribution is -2.40. The van der Waals surface area contributed by atoms with Gasteiger partial charge < -0.3 is 15.4 Å². The van der Waals surface area contributed by atoms with Crippen molar-refractivity contribution in [2.45, 2.75) is 57.5 Å². The van der Waals surface area contributed by atoms with E-state index in [-0.39, 0.29) is 30.2 Å². The highest BCUT2D eigenvalue weighted by molar-refractivity contribution is 5.77. The van der Waals surface area contributed by atoms with Crippen LogP contribution >= 0.6 is 0 Å². The molecule has 2 N–H and O–H groups in total. The highest BCUT2D eigenvalue weighted by atomic mass is 16.5. The topological polar surface area (TPSA) is 50.4 Å². The van der Waals surface area contributed by atoms with Crippen molar-refractivity contribution in [1.82, 2.24) is 10.6 Å². The first-order valence-corrected chi connectivity index (χ1v) is 7.39. The van der Waals surface area contributed by atoms with E-state index in [2.05, 4.69) is 29.7 Å². The Labute approximate surface area is 119 Å². The first kappa shape index (κ1) is 13.6. The highest BCUT2D eigenvalue weighted by Gasteiger charge is 2.31. The Morgan fingerprint density at radius 3 is 2.95 bits per heavy atom. The fourth-order valence-electron chi connectivity index (χ4n) is 3.25. The van der Waals surface area contributed by atoms with Gasteiger partial charge in [-0.2, -0.15) is 0 Å². The number of hydrogen-bond donors (Lipinski definition) is 2. The smallest absolute Gasteiger partial charge is 0.222 e. The van der Waals surface area contributed by atoms with Crippen LogP contribution in [0.4, 0.5) is 0 Å². The molecule has 0 spiro atoms. The molecule has 0 aliphatic carbocycles. The molecule has 0 saturated carbocycles. The number of benzene rings is 1. The monoisotopic (exact) mass is 274 g/mol. The predicted molar refractivity (Wildman–Crippen MR) is 77.2 cm³/mol. The van der Waals surface area contributed by atoms with E-state index < -0.39 is 0 Å². The van der Waals surface area contributed by atoms with Gasteiger partial charge in [-0.25, -0.2) is 0 Å². The molecule has 4 heteroatoms. The third kappa shape index (κ3) is 2.72. The Hall–Kier alpha value is -1.39. The molecule has 2 aliphatic rings. The van der Waals surface area contributed by atoms with Gasteiger partial charge in [0.2, 0.25) is 5.91 Å². The number of rotatable bonds is 3. The number of ether oxygens (including phenoxy) is 1. The number of hydrogen-bond acceptors (Lipinski definition) is 3. The molecule has 1 aromatic carbocycles. The summed E-state index contributed by atoms with van der Waals surface area (Å²) in [6, 6.07) is 8.59. The van der Waals surface area contributed by atoms with E-state index in [0.29, 0.717) is 6.42 Å². The van der Waals surface area contributed by atoms with Crippen molar-refractivity contribution in [3.05, 3.63) is 35.4 Å². The maximum absolute atomic E-state index is 12.2. The van der Waals surface area contributed by atoms with Crippen LogP contribution in [0.15, 0.2) is 24.3 Å². The lowest BCUT2D eigenvalue weighted by atomic mass is 10.0. The van der Waals surface area contributed by atoms with Gasteiger partial charge in [0.1, 0.15) is 0 Å². The van der Waals surface area contributed by atoms with Crippen molar-refractivity contribution in [3.8, 4) is 0 Å². The largest absolute Gasteiger partial charge is 0.373 e. The lowest BCUT2D eigenvalue weighted by molar-refractivity contribution is -0.122. The molecule has 2 aliphatic heterocycles. The standard InChI is InChI=1S/C16H22N2O2/c1-10-7-14(11(2)20-10)18-16(19)8-15-13-6-4-3-5-12(13)9-17-15/h3-6,10-11,14-15,17H,7-9H2,1-2H3,(H,18,19). The minimum atomic E-state index is 0.105. The minimum absolute atomic E-state index is 0.105. The van der Waals surface area contributed by atoms with Crippen molar-refractivity contribution in [1.29, 1.82) is 0 Å². The molecule has 2 heterocycles. The molecular formula is C16H22N2O2. The molecule has 4 atom stereocenters. The average molecular weight is 274 g/mol. The third-order valence-electron chi connectivity index (χ3n) is 4.30. The van der Waals surface area contributed by atoms with Crippen molar-refractivity contribution in [3.63, 3.8) is 0 Å².